The van der Waals surface area contributed by atoms with Crippen LogP contribution in [0.15, 0.2) is 18.2 Å². The molecule has 1 saturated carbocycles. The predicted molar refractivity (Wildman–Crippen MR) is 88.6 cm³/mol. The van der Waals surface area contributed by atoms with Crippen LogP contribution < -0.4 is 10.1 Å². The van der Waals surface area contributed by atoms with E-state index in [4.69, 9.17) is 4.74 Å². The summed E-state index contributed by atoms with van der Waals surface area (Å²) in [5.41, 5.74) is 1.13. The number of hydrogen-bond acceptors (Lipinski definition) is 5. The molecule has 1 aromatic carbocycles. The second-order valence-electron chi connectivity index (χ2n) is 6.60. The van der Waals surface area contributed by atoms with Crippen molar-refractivity contribution in [3.05, 3.63) is 23.8 Å². The van der Waals surface area contributed by atoms with Crippen LogP contribution in [0.3, 0.4) is 0 Å². The first-order valence-corrected chi connectivity index (χ1v) is 8.61. The molecule has 0 amide bonds. The Bertz CT molecular complexity index is 549. The Morgan fingerprint density at radius 3 is 2.61 bits per heavy atom. The van der Waals surface area contributed by atoms with Gasteiger partial charge < -0.3 is 15.2 Å². The second kappa shape index (κ2) is 7.32. The molecule has 2 fully saturated rings. The number of rotatable bonds is 4. The first-order chi connectivity index (χ1) is 11.1. The Morgan fingerprint density at radius 2 is 2.00 bits per heavy atom. The molecule has 0 aromatic heterocycles. The number of nitrogens with zero attached hydrogens (tertiary/aromatic N) is 1. The normalized spacial score (nSPS) is 21.3. The number of piperazine rings is 1. The number of phenols is 1. The lowest BCUT2D eigenvalue weighted by molar-refractivity contribution is -0.132. The Kier molecular flexibility index (Phi) is 5.18. The molecule has 0 spiro atoms. The van der Waals surface area contributed by atoms with E-state index in [2.05, 4.69) is 10.2 Å². The number of benzene rings is 1. The minimum absolute atomic E-state index is 0.0517. The standard InChI is InChI=1S/C18H26N2O3/c1-13(21)23-17-7-6-15(12-16(17)22)18(14-4-2-3-5-14)20-10-8-19-9-11-20/h6-7,12,14,18-19,22H,2-5,8-11H2,1H3/t18-/m1/s1. The summed E-state index contributed by atoms with van der Waals surface area (Å²) in [6, 6.07) is 5.85. The zero-order chi connectivity index (χ0) is 16.2. The van der Waals surface area contributed by atoms with Crippen LogP contribution in [0, 0.1) is 5.92 Å². The lowest BCUT2D eigenvalue weighted by Gasteiger charge is -2.38. The molecule has 3 rings (SSSR count). The van der Waals surface area contributed by atoms with Crippen LogP contribution in [-0.4, -0.2) is 42.2 Å². The molecule has 1 aliphatic heterocycles. The molecule has 1 aliphatic carbocycles. The fraction of sp³-hybridized carbons (Fsp3) is 0.611. The average molecular weight is 318 g/mol. The number of phenolic OH excluding ortho intramolecular Hbond substituents is 1. The van der Waals surface area contributed by atoms with Crippen molar-refractivity contribution in [2.24, 2.45) is 5.92 Å². The topological polar surface area (TPSA) is 61.8 Å². The molecule has 1 atom stereocenters. The Morgan fingerprint density at radius 1 is 1.30 bits per heavy atom. The van der Waals surface area contributed by atoms with Crippen molar-refractivity contribution in [3.8, 4) is 11.5 Å². The van der Waals surface area contributed by atoms with Gasteiger partial charge in [-0.25, -0.2) is 0 Å². The van der Waals surface area contributed by atoms with Gasteiger partial charge in [0, 0.05) is 39.1 Å². The molecule has 1 heterocycles. The summed E-state index contributed by atoms with van der Waals surface area (Å²) >= 11 is 0. The van der Waals surface area contributed by atoms with E-state index in [9.17, 15) is 9.90 Å². The summed E-state index contributed by atoms with van der Waals surface area (Å²) in [6.07, 6.45) is 5.09. The van der Waals surface area contributed by atoms with Gasteiger partial charge in [-0.05, 0) is 36.5 Å². The van der Waals surface area contributed by atoms with Crippen molar-refractivity contribution < 1.29 is 14.6 Å². The summed E-state index contributed by atoms with van der Waals surface area (Å²) in [5, 5.41) is 13.6. The maximum Gasteiger partial charge on any atom is 0.308 e. The highest BCUT2D eigenvalue weighted by atomic mass is 16.5. The van der Waals surface area contributed by atoms with Crippen LogP contribution in [0.2, 0.25) is 0 Å². The lowest BCUT2D eigenvalue weighted by atomic mass is 9.89. The summed E-state index contributed by atoms with van der Waals surface area (Å²) in [6.45, 7) is 5.44. The third-order valence-electron chi connectivity index (χ3n) is 4.97. The molecule has 1 saturated heterocycles. The zero-order valence-electron chi connectivity index (χ0n) is 13.8. The van der Waals surface area contributed by atoms with Gasteiger partial charge in [0.2, 0.25) is 0 Å². The first-order valence-electron chi connectivity index (χ1n) is 8.61. The zero-order valence-corrected chi connectivity index (χ0v) is 13.8. The molecule has 2 aliphatic rings. The van der Waals surface area contributed by atoms with Gasteiger partial charge >= 0.3 is 5.97 Å². The van der Waals surface area contributed by atoms with Crippen LogP contribution >= 0.6 is 0 Å². The quantitative estimate of drug-likeness (QED) is 0.659. The van der Waals surface area contributed by atoms with Crippen molar-refractivity contribution in [1.82, 2.24) is 10.2 Å². The van der Waals surface area contributed by atoms with E-state index in [-0.39, 0.29) is 11.5 Å². The van der Waals surface area contributed by atoms with Crippen LogP contribution in [0.1, 0.15) is 44.2 Å². The molecule has 1 aromatic rings. The highest BCUT2D eigenvalue weighted by molar-refractivity contribution is 5.70. The van der Waals surface area contributed by atoms with Crippen molar-refractivity contribution in [3.63, 3.8) is 0 Å². The fourth-order valence-electron chi connectivity index (χ4n) is 3.97. The molecule has 0 unspecified atom stereocenters. The Balaban J connectivity index is 1.86. The maximum absolute atomic E-state index is 11.1. The number of carbonyl (C=O) groups excluding carboxylic acids is 1. The van der Waals surface area contributed by atoms with Crippen molar-refractivity contribution in [1.29, 1.82) is 0 Å². The highest BCUT2D eigenvalue weighted by Crippen LogP contribution is 2.41. The molecule has 2 N–H and O–H groups in total. The van der Waals surface area contributed by atoms with E-state index in [0.29, 0.717) is 12.0 Å². The Hall–Kier alpha value is -1.59. The molecule has 5 heteroatoms. The van der Waals surface area contributed by atoms with E-state index in [0.717, 1.165) is 31.7 Å². The summed E-state index contributed by atoms with van der Waals surface area (Å²) in [5.74, 6) is 0.525. The van der Waals surface area contributed by atoms with E-state index in [1.807, 2.05) is 6.07 Å². The van der Waals surface area contributed by atoms with Gasteiger partial charge in [-0.2, -0.15) is 0 Å². The van der Waals surface area contributed by atoms with Crippen molar-refractivity contribution in [2.45, 2.75) is 38.6 Å². The molecular formula is C18H26N2O3. The molecule has 0 radical (unpaired) electrons. The molecule has 23 heavy (non-hydrogen) atoms. The van der Waals surface area contributed by atoms with Gasteiger partial charge in [0.15, 0.2) is 11.5 Å². The van der Waals surface area contributed by atoms with Crippen LogP contribution in [0.5, 0.6) is 11.5 Å². The lowest BCUT2D eigenvalue weighted by Crippen LogP contribution is -2.46. The molecular weight excluding hydrogens is 292 g/mol. The van der Waals surface area contributed by atoms with Crippen LogP contribution in [0.4, 0.5) is 0 Å². The van der Waals surface area contributed by atoms with Gasteiger partial charge in [0.1, 0.15) is 0 Å². The van der Waals surface area contributed by atoms with E-state index >= 15 is 0 Å². The number of nitrogens with one attached hydrogen (secondary N) is 1. The van der Waals surface area contributed by atoms with Crippen LogP contribution in [-0.2, 0) is 4.79 Å². The predicted octanol–water partition coefficient (Wildman–Crippen LogP) is 2.45. The number of esters is 1. The minimum atomic E-state index is -0.414. The molecule has 0 bridgehead atoms. The van der Waals surface area contributed by atoms with Crippen LogP contribution in [0.25, 0.3) is 0 Å². The van der Waals surface area contributed by atoms with Gasteiger partial charge in [-0.3, -0.25) is 9.69 Å². The third kappa shape index (κ3) is 3.85. The van der Waals surface area contributed by atoms with Gasteiger partial charge in [0.25, 0.3) is 0 Å². The monoisotopic (exact) mass is 318 g/mol. The van der Waals surface area contributed by atoms with E-state index in [1.165, 1.54) is 32.6 Å². The number of aromatic hydroxyl groups is 1. The van der Waals surface area contributed by atoms with E-state index in [1.54, 1.807) is 12.1 Å². The third-order valence-corrected chi connectivity index (χ3v) is 4.97. The second-order valence-corrected chi connectivity index (χ2v) is 6.60. The minimum Gasteiger partial charge on any atom is -0.504 e. The maximum atomic E-state index is 11.1. The smallest absolute Gasteiger partial charge is 0.308 e. The number of hydrogen-bond donors (Lipinski definition) is 2. The van der Waals surface area contributed by atoms with E-state index < -0.39 is 5.97 Å². The van der Waals surface area contributed by atoms with Crippen molar-refractivity contribution >= 4 is 5.97 Å². The van der Waals surface area contributed by atoms with Gasteiger partial charge in [0.05, 0.1) is 0 Å². The fourth-order valence-corrected chi connectivity index (χ4v) is 3.97. The first kappa shape index (κ1) is 16.3. The number of ether oxygens (including phenoxy) is 1. The molecule has 126 valence electrons. The summed E-state index contributed by atoms with van der Waals surface area (Å²) < 4.78 is 5.04. The van der Waals surface area contributed by atoms with Crippen molar-refractivity contribution in [2.75, 3.05) is 26.2 Å². The number of carbonyl (C=O) groups is 1. The summed E-state index contributed by atoms with van der Waals surface area (Å²) in [4.78, 5) is 13.6. The highest BCUT2D eigenvalue weighted by Gasteiger charge is 2.32. The largest absolute Gasteiger partial charge is 0.504 e. The molecule has 5 nitrogen and oxygen atoms in total. The average Bonchev–Trinajstić information content (AvgIpc) is 3.05. The van der Waals surface area contributed by atoms with Gasteiger partial charge in [-0.15, -0.1) is 0 Å². The SMILES string of the molecule is CC(=O)Oc1ccc([C@@H](C2CCCC2)N2CCNCC2)cc1O. The summed E-state index contributed by atoms with van der Waals surface area (Å²) in [7, 11) is 0. The van der Waals surface area contributed by atoms with Gasteiger partial charge in [-0.1, -0.05) is 18.9 Å². The Labute approximate surface area is 137 Å².